The minimum Gasteiger partial charge on any atom is -0.497 e. The summed E-state index contributed by atoms with van der Waals surface area (Å²) in [6.45, 7) is 2.23. The van der Waals surface area contributed by atoms with Crippen LogP contribution in [0.4, 0.5) is 0 Å². The van der Waals surface area contributed by atoms with E-state index >= 15 is 0 Å². The largest absolute Gasteiger partial charge is 0.497 e. The van der Waals surface area contributed by atoms with Gasteiger partial charge in [-0.25, -0.2) is 4.79 Å². The molecule has 0 aliphatic heterocycles. The molecule has 0 saturated heterocycles. The minimum absolute atomic E-state index is 0.195. The molecule has 0 unspecified atom stereocenters. The summed E-state index contributed by atoms with van der Waals surface area (Å²) in [4.78, 5) is 28.9. The number of amides is 1. The molecule has 0 spiro atoms. The van der Waals surface area contributed by atoms with Gasteiger partial charge in [0.1, 0.15) is 37.1 Å². The number of ether oxygens (including phenoxy) is 6. The molecule has 1 heterocycles. The molecule has 280 valence electrons. The van der Waals surface area contributed by atoms with Crippen molar-refractivity contribution in [3.05, 3.63) is 143 Å². The van der Waals surface area contributed by atoms with E-state index in [0.29, 0.717) is 47.3 Å². The molecule has 0 aliphatic rings. The molecule has 2 atom stereocenters. The van der Waals surface area contributed by atoms with Crippen molar-refractivity contribution in [1.82, 2.24) is 10.3 Å². The molecule has 4 aromatic carbocycles. The molecular formula is C44H40N2O9. The number of hydrogen-bond acceptors (Lipinski definition) is 10. The van der Waals surface area contributed by atoms with Gasteiger partial charge in [-0.05, 0) is 103 Å². The highest BCUT2D eigenvalue weighted by Gasteiger charge is 2.26. The molecule has 1 amide bonds. The van der Waals surface area contributed by atoms with Crippen LogP contribution in [0.15, 0.2) is 109 Å². The second-order valence-electron chi connectivity index (χ2n) is 12.0. The number of benzene rings is 4. The molecule has 0 bridgehead atoms. The number of hydrogen-bond donors (Lipinski definition) is 2. The van der Waals surface area contributed by atoms with Crippen molar-refractivity contribution in [3.63, 3.8) is 0 Å². The van der Waals surface area contributed by atoms with E-state index in [-0.39, 0.29) is 6.61 Å². The first kappa shape index (κ1) is 39.3. The molecule has 0 radical (unpaired) electrons. The van der Waals surface area contributed by atoms with Crippen LogP contribution < -0.4 is 29.0 Å². The van der Waals surface area contributed by atoms with E-state index in [1.165, 1.54) is 14.0 Å². The van der Waals surface area contributed by atoms with Gasteiger partial charge in [0.2, 0.25) is 0 Å². The second kappa shape index (κ2) is 19.8. The van der Waals surface area contributed by atoms with Gasteiger partial charge in [-0.2, -0.15) is 0 Å². The van der Waals surface area contributed by atoms with Crippen molar-refractivity contribution in [3.8, 4) is 52.4 Å². The summed E-state index contributed by atoms with van der Waals surface area (Å²) in [5.74, 6) is 13.5. The van der Waals surface area contributed by atoms with E-state index in [0.717, 1.165) is 28.2 Å². The predicted molar refractivity (Wildman–Crippen MR) is 205 cm³/mol. The van der Waals surface area contributed by atoms with Crippen LogP contribution in [0.1, 0.15) is 45.2 Å². The Hall–Kier alpha value is -6.95. The Morgan fingerprint density at radius 2 is 1.18 bits per heavy atom. The average Bonchev–Trinajstić information content (AvgIpc) is 3.22. The third-order valence-corrected chi connectivity index (χ3v) is 8.08. The van der Waals surface area contributed by atoms with Crippen molar-refractivity contribution in [1.29, 1.82) is 0 Å². The number of aromatic nitrogens is 1. The Labute approximate surface area is 320 Å². The average molecular weight is 741 g/mol. The smallest absolute Gasteiger partial charge is 0.331 e. The lowest BCUT2D eigenvalue weighted by Crippen LogP contribution is -2.48. The predicted octanol–water partition coefficient (Wildman–Crippen LogP) is 5.89. The van der Waals surface area contributed by atoms with Crippen LogP contribution >= 0.6 is 0 Å². The Balaban J connectivity index is 1.17. The number of nitrogens with zero attached hydrogens (tertiary/aromatic N) is 1. The Bertz CT molecular complexity index is 2160. The van der Waals surface area contributed by atoms with Crippen LogP contribution in [0.5, 0.6) is 28.7 Å². The van der Waals surface area contributed by atoms with Crippen molar-refractivity contribution in [2.24, 2.45) is 0 Å². The van der Waals surface area contributed by atoms with Crippen LogP contribution in [-0.2, 0) is 29.4 Å². The van der Waals surface area contributed by atoms with E-state index < -0.39 is 24.0 Å². The fourth-order valence-corrected chi connectivity index (χ4v) is 4.96. The molecular weight excluding hydrogens is 700 g/mol. The minimum atomic E-state index is -1.18. The normalized spacial score (nSPS) is 11.3. The van der Waals surface area contributed by atoms with Gasteiger partial charge in [-0.15, -0.1) is 0 Å². The van der Waals surface area contributed by atoms with Crippen LogP contribution in [0.3, 0.4) is 0 Å². The van der Waals surface area contributed by atoms with Gasteiger partial charge >= 0.3 is 5.97 Å². The van der Waals surface area contributed by atoms with Crippen molar-refractivity contribution in [2.75, 3.05) is 21.3 Å². The number of nitrogens with one attached hydrogen (secondary N) is 1. The number of carbonyl (C=O) groups is 2. The number of aliphatic hydroxyl groups is 1. The van der Waals surface area contributed by atoms with Gasteiger partial charge in [0.25, 0.3) is 5.91 Å². The van der Waals surface area contributed by atoms with Crippen LogP contribution in [0.2, 0.25) is 0 Å². The van der Waals surface area contributed by atoms with Crippen LogP contribution in [0.25, 0.3) is 0 Å². The summed E-state index contributed by atoms with van der Waals surface area (Å²) in [7, 11) is 4.44. The fraction of sp³-hybridized carbons (Fsp3) is 0.205. The van der Waals surface area contributed by atoms with E-state index in [1.807, 2.05) is 78.9 Å². The van der Waals surface area contributed by atoms with Gasteiger partial charge in [0.15, 0.2) is 17.5 Å². The van der Waals surface area contributed by atoms with Gasteiger partial charge in [0.05, 0.1) is 39.3 Å². The van der Waals surface area contributed by atoms with Gasteiger partial charge in [0, 0.05) is 22.8 Å². The van der Waals surface area contributed by atoms with Gasteiger partial charge < -0.3 is 38.8 Å². The lowest BCUT2D eigenvalue weighted by molar-refractivity contribution is -0.145. The number of rotatable bonds is 15. The molecule has 0 fully saturated rings. The first-order chi connectivity index (χ1) is 26.7. The lowest BCUT2D eigenvalue weighted by atomic mass is 10.1. The summed E-state index contributed by atoms with van der Waals surface area (Å²) in [6.07, 6.45) is 0.520. The molecule has 55 heavy (non-hydrogen) atoms. The summed E-state index contributed by atoms with van der Waals surface area (Å²) in [5.41, 5.74) is 4.28. The molecule has 2 N–H and O–H groups in total. The Morgan fingerprint density at radius 1 is 0.673 bits per heavy atom. The number of methoxy groups -OCH3 is 3. The summed E-state index contributed by atoms with van der Waals surface area (Å²) in [6, 6.07) is 29.7. The van der Waals surface area contributed by atoms with E-state index in [2.05, 4.69) is 38.7 Å². The maximum Gasteiger partial charge on any atom is 0.331 e. The highest BCUT2D eigenvalue weighted by molar-refractivity contribution is 5.97. The maximum absolute atomic E-state index is 12.5. The van der Waals surface area contributed by atoms with Gasteiger partial charge in [-0.3, -0.25) is 9.78 Å². The molecule has 11 nitrogen and oxygen atoms in total. The Kier molecular flexibility index (Phi) is 14.1. The van der Waals surface area contributed by atoms with Crippen molar-refractivity contribution in [2.45, 2.75) is 38.9 Å². The molecule has 0 saturated carbocycles. The molecule has 11 heteroatoms. The van der Waals surface area contributed by atoms with E-state index in [4.69, 9.17) is 23.7 Å². The standard InChI is InChI=1S/C44H40N2O9/c1-30(47)42(44(49)52-4)46-43(48)35-17-9-31(10-18-35)7-5-6-8-32-11-23-39(24-12-32)53-29-36-25-40(54-27-33-13-19-37(50-2)20-14-33)41(26-45-36)55-28-34-15-21-38(51-3)22-16-34/h9-26,30,42,47H,27-29H2,1-4H3,(H,46,48)/t30-,42+/m1/s1. The lowest BCUT2D eigenvalue weighted by Gasteiger charge is -2.18. The topological polar surface area (TPSA) is 135 Å². The zero-order chi connectivity index (χ0) is 39.0. The van der Waals surface area contributed by atoms with Crippen LogP contribution in [-0.4, -0.2) is 55.4 Å². The summed E-state index contributed by atoms with van der Waals surface area (Å²) in [5, 5.41) is 12.3. The number of carbonyl (C=O) groups excluding carboxylic acids is 2. The van der Waals surface area contributed by atoms with Crippen molar-refractivity contribution < 1.29 is 43.1 Å². The molecule has 1 aromatic heterocycles. The monoisotopic (exact) mass is 740 g/mol. The summed E-state index contributed by atoms with van der Waals surface area (Å²) >= 11 is 0. The van der Waals surface area contributed by atoms with E-state index in [9.17, 15) is 14.7 Å². The third-order valence-electron chi connectivity index (χ3n) is 8.08. The molecule has 5 aromatic rings. The van der Waals surface area contributed by atoms with Gasteiger partial charge in [-0.1, -0.05) is 36.1 Å². The molecule has 5 rings (SSSR count). The zero-order valence-corrected chi connectivity index (χ0v) is 30.8. The Morgan fingerprint density at radius 3 is 1.69 bits per heavy atom. The SMILES string of the molecule is COC(=O)[C@@H](NC(=O)c1ccc(C#CC#Cc2ccc(OCc3cc(OCc4ccc(OC)cc4)c(OCc4ccc(OC)cc4)cn3)cc2)cc1)[C@@H](C)O. The molecule has 0 aliphatic carbocycles. The third kappa shape index (κ3) is 11.8. The highest BCUT2D eigenvalue weighted by Crippen LogP contribution is 2.30. The fourth-order valence-electron chi connectivity index (χ4n) is 4.96. The maximum atomic E-state index is 12.5. The first-order valence-corrected chi connectivity index (χ1v) is 17.2. The number of aliphatic hydroxyl groups excluding tert-OH is 1. The highest BCUT2D eigenvalue weighted by atomic mass is 16.5. The zero-order valence-electron chi connectivity index (χ0n) is 30.8. The summed E-state index contributed by atoms with van der Waals surface area (Å²) < 4.78 is 33.5. The van der Waals surface area contributed by atoms with E-state index in [1.54, 1.807) is 44.7 Å². The van der Waals surface area contributed by atoms with Crippen LogP contribution in [0, 0.1) is 23.7 Å². The second-order valence-corrected chi connectivity index (χ2v) is 12.0. The number of esters is 1. The quantitative estimate of drug-likeness (QED) is 0.0989. The van der Waals surface area contributed by atoms with Crippen molar-refractivity contribution >= 4 is 11.9 Å². The first-order valence-electron chi connectivity index (χ1n) is 17.2. The number of pyridine rings is 1.